The van der Waals surface area contributed by atoms with E-state index in [2.05, 4.69) is 11.4 Å². The Hall–Kier alpha value is -0.700. The minimum atomic E-state index is -4.26. The number of quaternary nitrogens is 1. The van der Waals surface area contributed by atoms with Crippen molar-refractivity contribution in [3.05, 3.63) is 0 Å². The molecule has 0 fully saturated rings. The molecule has 0 aromatic carbocycles. The van der Waals surface area contributed by atoms with E-state index >= 15 is 0 Å². The van der Waals surface area contributed by atoms with Crippen molar-refractivity contribution in [3.8, 4) is 0 Å². The number of hydrogen-bond donors (Lipinski definition) is 3. The summed E-state index contributed by atoms with van der Waals surface area (Å²) in [6.45, 7) is 4.18. The van der Waals surface area contributed by atoms with Crippen molar-refractivity contribution in [3.63, 3.8) is 0 Å². The van der Waals surface area contributed by atoms with E-state index in [1.165, 1.54) is 109 Å². The molecular weight excluding hydrogens is 529 g/mol. The highest BCUT2D eigenvalue weighted by Gasteiger charge is 2.16. The zero-order valence-corrected chi connectivity index (χ0v) is 28.0. The summed E-state index contributed by atoms with van der Waals surface area (Å²) in [6, 6.07) is 0.00558. The molecule has 40 heavy (non-hydrogen) atoms. The molecule has 0 aliphatic heterocycles. The van der Waals surface area contributed by atoms with Gasteiger partial charge in [0.05, 0.1) is 27.7 Å². The third kappa shape index (κ3) is 33.5. The molecule has 9 nitrogen and oxygen atoms in total. The maximum absolute atomic E-state index is 12.0. The average molecular weight is 597 g/mol. The van der Waals surface area contributed by atoms with Gasteiger partial charge in [-0.25, -0.2) is 9.36 Å². The van der Waals surface area contributed by atoms with Crippen LogP contribution in [0, 0.1) is 0 Å². The molecule has 0 aromatic rings. The molecule has 10 heteroatoms. The Bertz CT molecular complexity index is 611. The van der Waals surface area contributed by atoms with Crippen LogP contribution < -0.4 is 0 Å². The topological polar surface area (TPSA) is 111 Å². The summed E-state index contributed by atoms with van der Waals surface area (Å²) in [6.07, 6.45) is 24.7. The van der Waals surface area contributed by atoms with Crippen LogP contribution in [0.1, 0.15) is 122 Å². The van der Waals surface area contributed by atoms with E-state index in [9.17, 15) is 9.36 Å². The Balaban J connectivity index is 0. The molecule has 0 spiro atoms. The van der Waals surface area contributed by atoms with Crippen molar-refractivity contribution >= 4 is 13.9 Å². The van der Waals surface area contributed by atoms with Gasteiger partial charge in [-0.15, -0.1) is 0 Å². The molecule has 0 bridgehead atoms. The molecule has 2 amide bonds. The second-order valence-electron chi connectivity index (χ2n) is 12.2. The van der Waals surface area contributed by atoms with Crippen LogP contribution in [0.5, 0.6) is 0 Å². The number of unbranched alkanes of at least 4 members (excludes halogenated alkanes) is 17. The Morgan fingerprint density at radius 2 is 1.07 bits per heavy atom. The van der Waals surface area contributed by atoms with Crippen LogP contribution in [0.2, 0.25) is 0 Å². The average Bonchev–Trinajstić information content (AvgIpc) is 2.85. The van der Waals surface area contributed by atoms with Crippen LogP contribution in [0.15, 0.2) is 0 Å². The van der Waals surface area contributed by atoms with Gasteiger partial charge in [0.1, 0.15) is 13.2 Å². The predicted octanol–water partition coefficient (Wildman–Crippen LogP) is 6.81. The third-order valence-electron chi connectivity index (χ3n) is 6.83. The lowest BCUT2D eigenvalue weighted by Gasteiger charge is -2.25. The van der Waals surface area contributed by atoms with Crippen molar-refractivity contribution in [2.75, 3.05) is 68.1 Å². The molecule has 0 aromatic heterocycles. The second kappa shape index (κ2) is 27.2. The van der Waals surface area contributed by atoms with Gasteiger partial charge in [-0.2, -0.15) is 0 Å². The van der Waals surface area contributed by atoms with Crippen molar-refractivity contribution in [2.24, 2.45) is 0 Å². The second-order valence-corrected chi connectivity index (χ2v) is 13.5. The summed E-state index contributed by atoms with van der Waals surface area (Å²) in [5.74, 6) is 0. The highest BCUT2D eigenvalue weighted by Crippen LogP contribution is 2.35. The first kappa shape index (κ1) is 41.4. The minimum Gasteiger partial charge on any atom is -0.395 e. The normalized spacial score (nSPS) is 11.7. The first-order valence-corrected chi connectivity index (χ1v) is 17.4. The molecule has 0 rings (SSSR count). The van der Waals surface area contributed by atoms with Crippen molar-refractivity contribution < 1.29 is 33.3 Å². The summed E-state index contributed by atoms with van der Waals surface area (Å²) in [7, 11) is 5.03. The summed E-state index contributed by atoms with van der Waals surface area (Å²) in [5, 5.41) is 9.11. The van der Waals surface area contributed by atoms with E-state index in [4.69, 9.17) is 14.9 Å². The molecule has 0 aliphatic carbocycles. The standard InChI is InChI=1S/C25H52N2O2.C5H14NO4P/c1-4-5-6-7-8-9-10-11-12-13-14-15-16-17-18-19-20-21-22-27(23-24-28)25(29)26(2)3;1-6(2,3)4-5-10-11(7,8)9/h28H,4-24H2,1-3H3;4-5H2,1-3H3,(H-,7,8,9)/p+1. The number of nitrogens with zero attached hydrogens (tertiary/aromatic N) is 3. The molecule has 0 saturated carbocycles. The van der Waals surface area contributed by atoms with Gasteiger partial charge in [0.25, 0.3) is 0 Å². The predicted molar refractivity (Wildman–Crippen MR) is 167 cm³/mol. The SMILES string of the molecule is CCCCCCCCCCCCCCCCCCCCN(CCO)C(=O)N(C)C.C[N+](C)(C)CCOP(=O)(O)O. The van der Waals surface area contributed by atoms with E-state index in [0.29, 0.717) is 17.6 Å². The number of urea groups is 1. The molecule has 0 atom stereocenters. The van der Waals surface area contributed by atoms with Crippen molar-refractivity contribution in [1.29, 1.82) is 0 Å². The highest BCUT2D eigenvalue weighted by molar-refractivity contribution is 7.46. The number of aliphatic hydroxyl groups is 1. The summed E-state index contributed by atoms with van der Waals surface area (Å²) < 4.78 is 15.1. The smallest absolute Gasteiger partial charge is 0.395 e. The Morgan fingerprint density at radius 1 is 0.700 bits per heavy atom. The first-order valence-electron chi connectivity index (χ1n) is 15.9. The van der Waals surface area contributed by atoms with E-state index in [1.54, 1.807) is 23.9 Å². The number of phosphoric acid groups is 1. The van der Waals surface area contributed by atoms with Gasteiger partial charge in [0, 0.05) is 27.2 Å². The number of hydrogen-bond acceptors (Lipinski definition) is 4. The summed E-state index contributed by atoms with van der Waals surface area (Å²) in [5.41, 5.74) is 0. The van der Waals surface area contributed by atoms with Crippen LogP contribution in [-0.4, -0.2) is 103 Å². The van der Waals surface area contributed by atoms with Gasteiger partial charge in [-0.3, -0.25) is 4.52 Å². The van der Waals surface area contributed by atoms with Crippen molar-refractivity contribution in [1.82, 2.24) is 9.80 Å². The first-order chi connectivity index (χ1) is 18.8. The van der Waals surface area contributed by atoms with Gasteiger partial charge in [-0.1, -0.05) is 116 Å². The summed E-state index contributed by atoms with van der Waals surface area (Å²) >= 11 is 0. The van der Waals surface area contributed by atoms with Gasteiger partial charge >= 0.3 is 13.9 Å². The van der Waals surface area contributed by atoms with Crippen LogP contribution in [0.3, 0.4) is 0 Å². The lowest BCUT2D eigenvalue weighted by molar-refractivity contribution is -0.870. The number of aliphatic hydroxyl groups excluding tert-OH is 1. The molecule has 0 saturated heterocycles. The van der Waals surface area contributed by atoms with Crippen LogP contribution >= 0.6 is 7.82 Å². The molecule has 242 valence electrons. The summed E-state index contributed by atoms with van der Waals surface area (Å²) in [4.78, 5) is 31.9. The van der Waals surface area contributed by atoms with Gasteiger partial charge < -0.3 is 29.2 Å². The number of rotatable bonds is 25. The number of amides is 2. The minimum absolute atomic E-state index is 0.00558. The lowest BCUT2D eigenvalue weighted by atomic mass is 10.0. The van der Waals surface area contributed by atoms with E-state index in [1.807, 2.05) is 21.1 Å². The van der Waals surface area contributed by atoms with E-state index < -0.39 is 7.82 Å². The number of carbonyl (C=O) groups excluding carboxylic acids is 1. The molecule has 0 unspecified atom stereocenters. The van der Waals surface area contributed by atoms with Gasteiger partial charge in [0.2, 0.25) is 0 Å². The maximum atomic E-state index is 12.0. The number of likely N-dealkylation sites (N-methyl/N-ethyl adjacent to an activating group) is 1. The number of carbonyl (C=O) groups is 1. The molecule has 0 radical (unpaired) electrons. The number of phosphoric ester groups is 1. The van der Waals surface area contributed by atoms with E-state index in [0.717, 1.165) is 13.0 Å². The Morgan fingerprint density at radius 3 is 1.38 bits per heavy atom. The molecule has 3 N–H and O–H groups in total. The van der Waals surface area contributed by atoms with Crippen LogP contribution in [0.25, 0.3) is 0 Å². The van der Waals surface area contributed by atoms with Gasteiger partial charge in [-0.05, 0) is 6.42 Å². The maximum Gasteiger partial charge on any atom is 0.469 e. The van der Waals surface area contributed by atoms with Crippen molar-refractivity contribution in [2.45, 2.75) is 122 Å². The fourth-order valence-corrected chi connectivity index (χ4v) is 4.66. The van der Waals surface area contributed by atoms with Gasteiger partial charge in [0.15, 0.2) is 0 Å². The molecule has 0 aliphatic rings. The fraction of sp³-hybridized carbons (Fsp3) is 0.967. The quantitative estimate of drug-likeness (QED) is 0.0607. The largest absolute Gasteiger partial charge is 0.469 e. The van der Waals surface area contributed by atoms with Crippen LogP contribution in [-0.2, 0) is 9.09 Å². The molecular formula is C30H67N3O6P+. The zero-order chi connectivity index (χ0) is 30.7. The zero-order valence-electron chi connectivity index (χ0n) is 27.1. The monoisotopic (exact) mass is 596 g/mol. The fourth-order valence-electron chi connectivity index (χ4n) is 4.34. The molecule has 0 heterocycles. The Kier molecular flexibility index (Phi) is 28.1. The Labute approximate surface area is 247 Å². The third-order valence-corrected chi connectivity index (χ3v) is 7.35. The highest BCUT2D eigenvalue weighted by atomic mass is 31.2. The van der Waals surface area contributed by atoms with Crippen LogP contribution in [0.4, 0.5) is 4.79 Å². The lowest BCUT2D eigenvalue weighted by Crippen LogP contribution is -2.41. The van der Waals surface area contributed by atoms with E-state index in [-0.39, 0.29) is 19.2 Å².